The first-order valence-corrected chi connectivity index (χ1v) is 8.71. The summed E-state index contributed by atoms with van der Waals surface area (Å²) in [6, 6.07) is -0.652. The number of rotatable bonds is 18. The number of nitrogens with one attached hydrogen (secondary N) is 2. The Morgan fingerprint density at radius 1 is 1.08 bits per heavy atom. The topological polar surface area (TPSA) is 139 Å². The maximum absolute atomic E-state index is 11.7. The van der Waals surface area contributed by atoms with Gasteiger partial charge in [-0.3, -0.25) is 15.1 Å². The van der Waals surface area contributed by atoms with Crippen LogP contribution in [0.25, 0.3) is 0 Å². The number of nitrogens with zero attached hydrogens (tertiary/aromatic N) is 1. The van der Waals surface area contributed by atoms with Gasteiger partial charge in [-0.05, 0) is 12.8 Å². The lowest BCUT2D eigenvalue weighted by molar-refractivity contribution is -0.144. The molecule has 0 rings (SSSR count). The van der Waals surface area contributed by atoms with E-state index in [4.69, 9.17) is 30.1 Å². The van der Waals surface area contributed by atoms with Gasteiger partial charge in [0, 0.05) is 33.9 Å². The fourth-order valence-corrected chi connectivity index (χ4v) is 2.26. The molecule has 0 radical (unpaired) electrons. The van der Waals surface area contributed by atoms with Crippen molar-refractivity contribution in [2.45, 2.75) is 18.9 Å². The molecule has 0 aliphatic rings. The number of aliphatic carboxylic acids is 1. The van der Waals surface area contributed by atoms with Crippen LogP contribution in [0.4, 0.5) is 0 Å². The van der Waals surface area contributed by atoms with Crippen molar-refractivity contribution in [3.63, 3.8) is 0 Å². The quantitative estimate of drug-likeness (QED) is 0.139. The second-order valence-corrected chi connectivity index (χ2v) is 5.58. The highest BCUT2D eigenvalue weighted by atomic mass is 16.5. The summed E-state index contributed by atoms with van der Waals surface area (Å²) >= 11 is 0. The summed E-state index contributed by atoms with van der Waals surface area (Å²) < 4.78 is 20.8. The van der Waals surface area contributed by atoms with E-state index in [0.717, 1.165) is 0 Å². The summed E-state index contributed by atoms with van der Waals surface area (Å²) in [5, 5.41) is 19.4. The zero-order valence-corrected chi connectivity index (χ0v) is 15.9. The van der Waals surface area contributed by atoms with Crippen LogP contribution in [0.15, 0.2) is 0 Å². The lowest BCUT2D eigenvalue weighted by atomic mass is 10.1. The summed E-state index contributed by atoms with van der Waals surface area (Å²) in [5.74, 6) is -1.01. The number of hydrogen-bond acceptors (Lipinski definition) is 7. The Bertz CT molecular complexity index is 359. The highest BCUT2D eigenvalue weighted by molar-refractivity contribution is 5.74. The van der Waals surface area contributed by atoms with Crippen LogP contribution in [0.1, 0.15) is 12.8 Å². The third-order valence-electron chi connectivity index (χ3n) is 3.60. The van der Waals surface area contributed by atoms with Gasteiger partial charge in [-0.1, -0.05) is 0 Å². The molecule has 0 aromatic heterocycles. The van der Waals surface area contributed by atoms with Crippen molar-refractivity contribution < 1.29 is 28.8 Å². The van der Waals surface area contributed by atoms with Crippen molar-refractivity contribution in [1.82, 2.24) is 10.2 Å². The second kappa shape index (κ2) is 17.0. The number of carboxylic acids is 1. The fraction of sp³-hybridized carbons (Fsp3) is 0.875. The normalized spacial score (nSPS) is 12.3. The number of nitrogens with two attached hydrogens (primary N) is 1. The van der Waals surface area contributed by atoms with E-state index in [1.807, 2.05) is 4.90 Å². The van der Waals surface area contributed by atoms with E-state index < -0.39 is 12.0 Å². The van der Waals surface area contributed by atoms with Crippen LogP contribution >= 0.6 is 0 Å². The summed E-state index contributed by atoms with van der Waals surface area (Å²) in [6.07, 6.45) is 1.02. The van der Waals surface area contributed by atoms with Crippen molar-refractivity contribution in [3.8, 4) is 0 Å². The van der Waals surface area contributed by atoms with E-state index in [1.54, 1.807) is 14.2 Å². The molecule has 1 atom stereocenters. The van der Waals surface area contributed by atoms with Crippen molar-refractivity contribution in [2.75, 3.05) is 73.5 Å². The molecule has 0 aromatic carbocycles. The summed E-state index contributed by atoms with van der Waals surface area (Å²) in [5.41, 5.74) is 5.23. The van der Waals surface area contributed by atoms with Crippen LogP contribution in [0.5, 0.6) is 0 Å². The van der Waals surface area contributed by atoms with Gasteiger partial charge in [0.25, 0.3) is 0 Å². The largest absolute Gasteiger partial charge is 0.480 e. The van der Waals surface area contributed by atoms with Crippen LogP contribution < -0.4 is 11.1 Å². The molecular weight excluding hydrogens is 344 g/mol. The third kappa shape index (κ3) is 13.8. The minimum absolute atomic E-state index is 0.119. The molecule has 154 valence electrons. The Hall–Kier alpha value is -1.46. The molecule has 10 heteroatoms. The van der Waals surface area contributed by atoms with Gasteiger partial charge in [0.05, 0.1) is 39.6 Å². The highest BCUT2D eigenvalue weighted by Crippen LogP contribution is 2.08. The molecule has 0 saturated carbocycles. The SMILES string of the molecule is COCCOCCN(CCOCCOC)[C@@H](CCCNC(=N)N)C(=O)O. The van der Waals surface area contributed by atoms with Gasteiger partial charge in [-0.15, -0.1) is 0 Å². The van der Waals surface area contributed by atoms with Crippen LogP contribution in [0, 0.1) is 5.41 Å². The minimum atomic E-state index is -0.887. The number of methoxy groups -OCH3 is 2. The third-order valence-corrected chi connectivity index (χ3v) is 3.60. The fourth-order valence-electron chi connectivity index (χ4n) is 2.26. The number of carboxylic acid groups (broad SMARTS) is 1. The molecule has 0 fully saturated rings. The molecule has 5 N–H and O–H groups in total. The predicted molar refractivity (Wildman–Crippen MR) is 97.5 cm³/mol. The highest BCUT2D eigenvalue weighted by Gasteiger charge is 2.24. The molecular formula is C16H34N4O6. The Morgan fingerprint density at radius 2 is 1.62 bits per heavy atom. The second-order valence-electron chi connectivity index (χ2n) is 5.58. The average molecular weight is 378 g/mol. The van der Waals surface area contributed by atoms with Crippen LogP contribution in [0.3, 0.4) is 0 Å². The minimum Gasteiger partial charge on any atom is -0.480 e. The van der Waals surface area contributed by atoms with E-state index in [-0.39, 0.29) is 5.96 Å². The Balaban J connectivity index is 4.48. The summed E-state index contributed by atoms with van der Waals surface area (Å²) in [7, 11) is 3.20. The number of carbonyl (C=O) groups is 1. The maximum Gasteiger partial charge on any atom is 0.320 e. The first kappa shape index (κ1) is 24.5. The number of ether oxygens (including phenoxy) is 4. The van der Waals surface area contributed by atoms with Crippen LogP contribution in [0.2, 0.25) is 0 Å². The van der Waals surface area contributed by atoms with Gasteiger partial charge >= 0.3 is 5.97 Å². The van der Waals surface area contributed by atoms with E-state index in [2.05, 4.69) is 5.32 Å². The Kier molecular flexibility index (Phi) is 16.0. The molecule has 0 aromatic rings. The average Bonchev–Trinajstić information content (AvgIpc) is 2.59. The van der Waals surface area contributed by atoms with Gasteiger partial charge in [-0.25, -0.2) is 0 Å². The molecule has 0 aliphatic carbocycles. The van der Waals surface area contributed by atoms with E-state index >= 15 is 0 Å². The molecule has 0 spiro atoms. The first-order chi connectivity index (χ1) is 12.5. The smallest absolute Gasteiger partial charge is 0.320 e. The lowest BCUT2D eigenvalue weighted by Crippen LogP contribution is -2.45. The Morgan fingerprint density at radius 3 is 2.04 bits per heavy atom. The molecule has 0 bridgehead atoms. The van der Waals surface area contributed by atoms with Gasteiger partial charge in [-0.2, -0.15) is 0 Å². The van der Waals surface area contributed by atoms with Gasteiger partial charge in [0.15, 0.2) is 5.96 Å². The zero-order valence-electron chi connectivity index (χ0n) is 15.9. The van der Waals surface area contributed by atoms with Gasteiger partial charge in [0.2, 0.25) is 0 Å². The van der Waals surface area contributed by atoms with Crippen molar-refractivity contribution in [3.05, 3.63) is 0 Å². The standard InChI is InChI=1S/C16H34N4O6/c1-23-10-12-25-8-6-20(7-9-26-13-11-24-2)14(15(21)22)4-3-5-19-16(17)18/h14H,3-13H2,1-2H3,(H,21,22)(H4,17,18,19)/t14-/m0/s1. The molecule has 0 unspecified atom stereocenters. The molecule has 0 aliphatic heterocycles. The van der Waals surface area contributed by atoms with Crippen molar-refractivity contribution in [2.24, 2.45) is 5.73 Å². The van der Waals surface area contributed by atoms with Crippen LogP contribution in [-0.2, 0) is 23.7 Å². The van der Waals surface area contributed by atoms with E-state index in [1.165, 1.54) is 0 Å². The predicted octanol–water partition coefficient (Wildman–Crippen LogP) is -0.669. The van der Waals surface area contributed by atoms with Gasteiger partial charge < -0.3 is 35.1 Å². The summed E-state index contributed by atoms with van der Waals surface area (Å²) in [4.78, 5) is 13.5. The molecule has 0 amide bonds. The number of guanidine groups is 1. The Labute approximate surface area is 155 Å². The lowest BCUT2D eigenvalue weighted by Gasteiger charge is -2.28. The van der Waals surface area contributed by atoms with Crippen LogP contribution in [-0.4, -0.2) is 101 Å². The molecule has 0 heterocycles. The number of hydrogen-bond donors (Lipinski definition) is 4. The van der Waals surface area contributed by atoms with Crippen molar-refractivity contribution in [1.29, 1.82) is 5.41 Å². The van der Waals surface area contributed by atoms with E-state index in [0.29, 0.717) is 72.1 Å². The first-order valence-electron chi connectivity index (χ1n) is 8.71. The zero-order chi connectivity index (χ0) is 19.6. The summed E-state index contributed by atoms with van der Waals surface area (Å²) in [6.45, 7) is 4.18. The molecule has 0 saturated heterocycles. The van der Waals surface area contributed by atoms with Gasteiger partial charge in [0.1, 0.15) is 6.04 Å². The van der Waals surface area contributed by atoms with Crippen molar-refractivity contribution >= 4 is 11.9 Å². The monoisotopic (exact) mass is 378 g/mol. The molecule has 10 nitrogen and oxygen atoms in total. The maximum atomic E-state index is 11.7. The van der Waals surface area contributed by atoms with E-state index in [9.17, 15) is 9.90 Å². The molecule has 26 heavy (non-hydrogen) atoms.